The van der Waals surface area contributed by atoms with Crippen molar-refractivity contribution in [3.05, 3.63) is 68.9 Å². The van der Waals surface area contributed by atoms with Gasteiger partial charge in [-0.05, 0) is 68.5 Å². The lowest BCUT2D eigenvalue weighted by Crippen LogP contribution is -2.82. The quantitative estimate of drug-likeness (QED) is 0.103. The molecule has 18 heteroatoms. The number of esters is 4. The fourth-order valence-electron chi connectivity index (χ4n) is 9.99. The van der Waals surface area contributed by atoms with Gasteiger partial charge in [-0.2, -0.15) is 0 Å². The Kier molecular flexibility index (Phi) is 13.1. The van der Waals surface area contributed by atoms with Crippen LogP contribution >= 0.6 is 11.3 Å². The van der Waals surface area contributed by atoms with Crippen LogP contribution in [0.4, 0.5) is 0 Å². The van der Waals surface area contributed by atoms with Crippen LogP contribution in [-0.4, -0.2) is 120 Å². The molecule has 0 radical (unpaired) electrons. The monoisotopic (exact) mass is 897 g/mol. The number of carbonyl (C=O) groups is 6. The number of hydrogen-bond acceptors (Lipinski definition) is 17. The van der Waals surface area contributed by atoms with Gasteiger partial charge in [-0.3, -0.25) is 19.2 Å². The number of thiophene rings is 1. The number of Topliss-reactive ketones (excluding diaryl/α,β-unsaturated/α-hetero) is 1. The number of carbonyl (C=O) groups excluding carboxylic acids is 6. The number of aliphatic hydroxyl groups is 3. The smallest absolute Gasteiger partial charge is 0.342 e. The highest BCUT2D eigenvalue weighted by Gasteiger charge is 2.78. The van der Waals surface area contributed by atoms with Crippen molar-refractivity contribution in [2.45, 2.75) is 122 Å². The van der Waals surface area contributed by atoms with Gasteiger partial charge in [0.1, 0.15) is 47.0 Å². The molecule has 2 aromatic rings. The summed E-state index contributed by atoms with van der Waals surface area (Å²) in [7, 11) is 2.71. The van der Waals surface area contributed by atoms with Gasteiger partial charge in [-0.15, -0.1) is 11.3 Å². The molecule has 1 aliphatic heterocycles. The van der Waals surface area contributed by atoms with Crippen LogP contribution in [0.1, 0.15) is 89.5 Å². The Hall–Kier alpha value is -5.14. The summed E-state index contributed by atoms with van der Waals surface area (Å²) >= 11 is 1.17. The molecule has 2 heterocycles. The second kappa shape index (κ2) is 17.4. The number of allylic oxidation sites excluding steroid dienone is 1. The Morgan fingerprint density at radius 3 is 2.24 bits per heavy atom. The van der Waals surface area contributed by atoms with Crippen molar-refractivity contribution in [2.24, 2.45) is 16.7 Å². The van der Waals surface area contributed by atoms with Crippen LogP contribution in [0.3, 0.4) is 0 Å². The fraction of sp³-hybridized carbons (Fsp3) is 0.556. The second-order valence-electron chi connectivity index (χ2n) is 17.5. The van der Waals surface area contributed by atoms with E-state index in [2.05, 4.69) is 5.32 Å². The van der Waals surface area contributed by atoms with E-state index in [4.69, 9.17) is 33.2 Å². The Balaban J connectivity index is 1.58. The maximum atomic E-state index is 15.6. The van der Waals surface area contributed by atoms with Gasteiger partial charge in [-0.1, -0.05) is 25.5 Å². The molecule has 3 aliphatic carbocycles. The van der Waals surface area contributed by atoms with Gasteiger partial charge in [0, 0.05) is 43.1 Å². The zero-order valence-corrected chi connectivity index (χ0v) is 37.7. The summed E-state index contributed by atoms with van der Waals surface area (Å²) in [4.78, 5) is 83.9. The summed E-state index contributed by atoms with van der Waals surface area (Å²) in [6, 6.07) is 6.35. The van der Waals surface area contributed by atoms with E-state index in [-0.39, 0.29) is 41.2 Å². The molecule has 6 rings (SSSR count). The number of aliphatic hydroxyl groups excluding tert-OH is 2. The van der Waals surface area contributed by atoms with E-state index >= 15 is 4.79 Å². The number of ketones is 1. The number of rotatable bonds is 12. The lowest BCUT2D eigenvalue weighted by atomic mass is 9.44. The van der Waals surface area contributed by atoms with Crippen LogP contribution in [0, 0.1) is 16.7 Å². The number of amides is 1. The van der Waals surface area contributed by atoms with Gasteiger partial charge in [0.25, 0.3) is 0 Å². The molecular weight excluding hydrogens is 843 g/mol. The van der Waals surface area contributed by atoms with Crippen LogP contribution in [-0.2, 0) is 47.7 Å². The number of hydrogen-bond donors (Lipinski definition) is 4. The lowest BCUT2D eigenvalue weighted by molar-refractivity contribution is -0.346. The summed E-state index contributed by atoms with van der Waals surface area (Å²) in [5.41, 5.74) is -7.49. The summed E-state index contributed by atoms with van der Waals surface area (Å²) in [5.74, 6) is -6.85. The molecule has 1 aromatic heterocycles. The number of nitrogens with one attached hydrogen (secondary N) is 1. The third-order valence-electron chi connectivity index (χ3n) is 13.2. The molecule has 4 N–H and O–H groups in total. The van der Waals surface area contributed by atoms with Gasteiger partial charge in [-0.25, -0.2) is 9.59 Å². The van der Waals surface area contributed by atoms with E-state index in [0.717, 1.165) is 13.8 Å². The molecule has 3 fully saturated rings. The van der Waals surface area contributed by atoms with E-state index in [0.29, 0.717) is 10.5 Å². The molecule has 1 aromatic carbocycles. The first-order chi connectivity index (χ1) is 29.5. The predicted molar refractivity (Wildman–Crippen MR) is 222 cm³/mol. The average Bonchev–Trinajstić information content (AvgIpc) is 3.75. The van der Waals surface area contributed by atoms with Crippen molar-refractivity contribution in [2.75, 3.05) is 20.8 Å². The van der Waals surface area contributed by atoms with Gasteiger partial charge >= 0.3 is 23.9 Å². The second-order valence-corrected chi connectivity index (χ2v) is 18.5. The van der Waals surface area contributed by atoms with E-state index in [9.17, 15) is 39.3 Å². The van der Waals surface area contributed by atoms with E-state index in [1.54, 1.807) is 37.4 Å². The Bertz CT molecular complexity index is 2230. The number of methoxy groups -OCH3 is 2. The summed E-state index contributed by atoms with van der Waals surface area (Å²) in [5, 5.41) is 41.9. The maximum Gasteiger partial charge on any atom is 0.342 e. The molecule has 2 bridgehead atoms. The van der Waals surface area contributed by atoms with E-state index in [1.807, 2.05) is 0 Å². The Morgan fingerprint density at radius 2 is 1.68 bits per heavy atom. The fourth-order valence-corrected chi connectivity index (χ4v) is 10.8. The Labute approximate surface area is 368 Å². The molecular formula is C45H55NO16S. The summed E-state index contributed by atoms with van der Waals surface area (Å²) in [6.45, 7) is 11.2. The first-order valence-electron chi connectivity index (χ1n) is 20.4. The van der Waals surface area contributed by atoms with Crippen molar-refractivity contribution in [3.8, 4) is 11.5 Å². The molecule has 63 heavy (non-hydrogen) atoms. The van der Waals surface area contributed by atoms with Gasteiger partial charge in [0.2, 0.25) is 5.91 Å². The lowest BCUT2D eigenvalue weighted by Gasteiger charge is -2.67. The number of ether oxygens (including phenoxy) is 7. The minimum Gasteiger partial charge on any atom is -0.497 e. The van der Waals surface area contributed by atoms with Gasteiger partial charge in [0.05, 0.1) is 38.3 Å². The van der Waals surface area contributed by atoms with Gasteiger partial charge < -0.3 is 53.8 Å². The molecule has 1 amide bonds. The van der Waals surface area contributed by atoms with E-state index < -0.39 is 113 Å². The SMILES string of the molecule is COc1ccc(OC)c(C(=O)O[C@H]2[C@@H]3[C@]4(OC(C)=O)CO[C@@H]4C[C@H](O)[C@@]3(C)C(=O)[C@H](OC(C)=O)C3=C(C)[C@@H](OC(=O)[C@H](O)[C@@H](NC(=O)C=C(C)C)c4cccs4)C[C@]2(O)C3(C)C)c1. The third kappa shape index (κ3) is 8.04. The highest BCUT2D eigenvalue weighted by Crippen LogP contribution is 2.64. The largest absolute Gasteiger partial charge is 0.497 e. The molecule has 17 nitrogen and oxygen atoms in total. The predicted octanol–water partition coefficient (Wildman–Crippen LogP) is 3.47. The number of benzene rings is 1. The van der Waals surface area contributed by atoms with Crippen molar-refractivity contribution in [1.82, 2.24) is 5.32 Å². The summed E-state index contributed by atoms with van der Waals surface area (Å²) in [6.07, 6.45) is -9.49. The van der Waals surface area contributed by atoms with Crippen LogP contribution in [0.25, 0.3) is 0 Å². The Morgan fingerprint density at radius 1 is 0.984 bits per heavy atom. The highest BCUT2D eigenvalue weighted by molar-refractivity contribution is 7.10. The van der Waals surface area contributed by atoms with Crippen LogP contribution in [0.2, 0.25) is 0 Å². The summed E-state index contributed by atoms with van der Waals surface area (Å²) < 4.78 is 41.2. The number of fused-ring (bicyclic) bond motifs is 5. The van der Waals surface area contributed by atoms with Crippen LogP contribution < -0.4 is 14.8 Å². The molecule has 2 saturated carbocycles. The molecule has 1 saturated heterocycles. The van der Waals surface area contributed by atoms with Crippen LogP contribution in [0.15, 0.2) is 58.5 Å². The van der Waals surface area contributed by atoms with Crippen molar-refractivity contribution < 1.29 is 77.2 Å². The molecule has 0 unspecified atom stereocenters. The standard InChI is InChI=1S/C45H55NO16S/c1-21(2)16-32(50)46-34(29-12-11-15-63-29)35(51)41(54)60-28-19-45(55)39(61-40(53)26-17-25(56-9)13-14-27(26)57-10)37-43(8,30(49)18-31-44(37,20-58-31)62-24(5)48)38(52)36(59-23(4)47)33(22(28)3)42(45,6)7/h11-17,28,30-31,34-37,39,49,51,55H,18-20H2,1-10H3,(H,46,50)/t28-,30-,31+,34-,35+,36+,37-,39-,43+,44-,45+/m0/s1. The molecule has 342 valence electrons. The van der Waals surface area contributed by atoms with Crippen molar-refractivity contribution in [3.63, 3.8) is 0 Å². The minimum atomic E-state index is -2.46. The normalized spacial score (nSPS) is 31.5. The van der Waals surface area contributed by atoms with E-state index in [1.165, 1.54) is 71.5 Å². The van der Waals surface area contributed by atoms with Crippen LogP contribution in [0.5, 0.6) is 11.5 Å². The minimum absolute atomic E-state index is 0.0317. The molecule has 4 aliphatic rings. The highest BCUT2D eigenvalue weighted by atomic mass is 32.1. The first-order valence-corrected chi connectivity index (χ1v) is 21.3. The zero-order chi connectivity index (χ0) is 46.6. The average molecular weight is 898 g/mol. The first kappa shape index (κ1) is 47.3. The third-order valence-corrected chi connectivity index (χ3v) is 14.1. The topological polar surface area (TPSA) is 240 Å². The molecule has 0 spiro atoms. The van der Waals surface area contributed by atoms with Crippen molar-refractivity contribution >= 4 is 46.9 Å². The maximum absolute atomic E-state index is 15.6. The molecule has 11 atom stereocenters. The van der Waals surface area contributed by atoms with Crippen molar-refractivity contribution in [1.29, 1.82) is 0 Å². The van der Waals surface area contributed by atoms with Gasteiger partial charge in [0.15, 0.2) is 23.6 Å². The zero-order valence-electron chi connectivity index (χ0n) is 36.8.